The first-order valence-electron chi connectivity index (χ1n) is 6.11. The third kappa shape index (κ3) is 5.51. The van der Waals surface area contributed by atoms with Crippen LogP contribution in [0.1, 0.15) is 32.8 Å². The van der Waals surface area contributed by atoms with Crippen molar-refractivity contribution in [2.75, 3.05) is 0 Å². The standard InChI is InChI=1S/C14H19F3O2/c1-13(2,3)12(18)9-8-10-6-4-5-7-11(10)19-14(15,16)17/h4-7,12,18H,8-9H2,1-3H3. The summed E-state index contributed by atoms with van der Waals surface area (Å²) in [5.41, 5.74) is 0.156. The largest absolute Gasteiger partial charge is 0.573 e. The Bertz CT molecular complexity index is 408. The summed E-state index contributed by atoms with van der Waals surface area (Å²) in [5, 5.41) is 9.91. The molecule has 0 radical (unpaired) electrons. The third-order valence-corrected chi connectivity index (χ3v) is 2.89. The van der Waals surface area contributed by atoms with Gasteiger partial charge in [-0.1, -0.05) is 39.0 Å². The Hall–Kier alpha value is -1.23. The Kier molecular flexibility index (Phi) is 4.85. The van der Waals surface area contributed by atoms with Gasteiger partial charge in [0.05, 0.1) is 6.10 Å². The highest BCUT2D eigenvalue weighted by Gasteiger charge is 2.32. The molecule has 1 atom stereocenters. The fourth-order valence-electron chi connectivity index (χ4n) is 1.66. The summed E-state index contributed by atoms with van der Waals surface area (Å²) in [6.07, 6.45) is -4.54. The molecular weight excluding hydrogens is 257 g/mol. The maximum absolute atomic E-state index is 12.2. The van der Waals surface area contributed by atoms with Gasteiger partial charge in [-0.15, -0.1) is 13.2 Å². The smallest absolute Gasteiger partial charge is 0.406 e. The number of aryl methyl sites for hydroxylation is 1. The van der Waals surface area contributed by atoms with Crippen LogP contribution in [0, 0.1) is 5.41 Å². The Balaban J connectivity index is 2.74. The Morgan fingerprint density at radius 2 is 1.74 bits per heavy atom. The van der Waals surface area contributed by atoms with E-state index in [0.29, 0.717) is 18.4 Å². The third-order valence-electron chi connectivity index (χ3n) is 2.89. The average molecular weight is 276 g/mol. The predicted molar refractivity (Wildman–Crippen MR) is 66.9 cm³/mol. The van der Waals surface area contributed by atoms with Gasteiger partial charge < -0.3 is 9.84 Å². The molecule has 1 aromatic carbocycles. The van der Waals surface area contributed by atoms with Gasteiger partial charge in [-0.05, 0) is 29.9 Å². The first-order chi connectivity index (χ1) is 8.59. The highest BCUT2D eigenvalue weighted by atomic mass is 19.4. The van der Waals surface area contributed by atoms with Crippen LogP contribution >= 0.6 is 0 Å². The van der Waals surface area contributed by atoms with E-state index in [-0.39, 0.29) is 11.2 Å². The number of para-hydroxylation sites is 1. The minimum atomic E-state index is -4.70. The summed E-state index contributed by atoms with van der Waals surface area (Å²) in [6.45, 7) is 5.65. The van der Waals surface area contributed by atoms with Gasteiger partial charge in [0.2, 0.25) is 0 Å². The lowest BCUT2D eigenvalue weighted by molar-refractivity contribution is -0.274. The maximum atomic E-state index is 12.2. The Morgan fingerprint density at radius 3 is 2.26 bits per heavy atom. The molecule has 0 saturated heterocycles. The first kappa shape index (κ1) is 15.8. The number of hydrogen-bond donors (Lipinski definition) is 1. The van der Waals surface area contributed by atoms with E-state index in [4.69, 9.17) is 0 Å². The predicted octanol–water partition coefficient (Wildman–Crippen LogP) is 3.92. The topological polar surface area (TPSA) is 29.5 Å². The van der Waals surface area contributed by atoms with Gasteiger partial charge in [0.1, 0.15) is 5.75 Å². The quantitative estimate of drug-likeness (QED) is 0.903. The normalized spacial score (nSPS) is 14.3. The maximum Gasteiger partial charge on any atom is 0.573 e. The second-order valence-corrected chi connectivity index (χ2v) is 5.58. The molecule has 1 N–H and O–H groups in total. The number of benzene rings is 1. The molecule has 108 valence electrons. The number of rotatable bonds is 4. The molecular formula is C14H19F3O2. The minimum absolute atomic E-state index is 0.198. The molecule has 0 heterocycles. The highest BCUT2D eigenvalue weighted by Crippen LogP contribution is 2.29. The van der Waals surface area contributed by atoms with Crippen LogP contribution in [-0.2, 0) is 6.42 Å². The lowest BCUT2D eigenvalue weighted by Crippen LogP contribution is -2.26. The van der Waals surface area contributed by atoms with Gasteiger partial charge in [-0.2, -0.15) is 0 Å². The fraction of sp³-hybridized carbons (Fsp3) is 0.571. The van der Waals surface area contributed by atoms with Crippen molar-refractivity contribution in [1.82, 2.24) is 0 Å². The van der Waals surface area contributed by atoms with Crippen LogP contribution in [0.3, 0.4) is 0 Å². The van der Waals surface area contributed by atoms with Crippen molar-refractivity contribution in [1.29, 1.82) is 0 Å². The molecule has 19 heavy (non-hydrogen) atoms. The van der Waals surface area contributed by atoms with Crippen molar-refractivity contribution in [3.63, 3.8) is 0 Å². The summed E-state index contributed by atoms with van der Waals surface area (Å²) in [6, 6.07) is 6.01. The van der Waals surface area contributed by atoms with E-state index in [1.54, 1.807) is 12.1 Å². The van der Waals surface area contributed by atoms with E-state index in [9.17, 15) is 18.3 Å². The summed E-state index contributed by atoms with van der Waals surface area (Å²) >= 11 is 0. The van der Waals surface area contributed by atoms with E-state index in [0.717, 1.165) is 0 Å². The SMILES string of the molecule is CC(C)(C)C(O)CCc1ccccc1OC(F)(F)F. The van der Waals surface area contributed by atoms with Gasteiger partial charge in [0.15, 0.2) is 0 Å². The Labute approximate surface area is 111 Å². The zero-order valence-corrected chi connectivity index (χ0v) is 11.3. The highest BCUT2D eigenvalue weighted by molar-refractivity contribution is 5.33. The molecule has 1 aromatic rings. The first-order valence-corrected chi connectivity index (χ1v) is 6.11. The number of ether oxygens (including phenoxy) is 1. The molecule has 0 amide bonds. The number of aliphatic hydroxyl groups excluding tert-OH is 1. The molecule has 1 unspecified atom stereocenters. The fourth-order valence-corrected chi connectivity index (χ4v) is 1.66. The Morgan fingerprint density at radius 1 is 1.16 bits per heavy atom. The molecule has 0 saturated carbocycles. The van der Waals surface area contributed by atoms with Crippen molar-refractivity contribution < 1.29 is 23.0 Å². The van der Waals surface area contributed by atoms with Crippen LogP contribution < -0.4 is 4.74 Å². The summed E-state index contributed by atoms with van der Waals surface area (Å²) in [7, 11) is 0. The van der Waals surface area contributed by atoms with E-state index in [1.165, 1.54) is 12.1 Å². The number of aliphatic hydroxyl groups is 1. The molecule has 0 bridgehead atoms. The second-order valence-electron chi connectivity index (χ2n) is 5.58. The number of hydrogen-bond acceptors (Lipinski definition) is 2. The van der Waals surface area contributed by atoms with Crippen LogP contribution in [0.4, 0.5) is 13.2 Å². The minimum Gasteiger partial charge on any atom is -0.406 e. The van der Waals surface area contributed by atoms with Crippen molar-refractivity contribution in [2.24, 2.45) is 5.41 Å². The molecule has 5 heteroatoms. The van der Waals surface area contributed by atoms with Gasteiger partial charge in [-0.25, -0.2) is 0 Å². The lowest BCUT2D eigenvalue weighted by Gasteiger charge is -2.26. The summed E-state index contributed by atoms with van der Waals surface area (Å²) < 4.78 is 40.7. The summed E-state index contributed by atoms with van der Waals surface area (Å²) in [5.74, 6) is -0.198. The number of halogens is 3. The lowest BCUT2D eigenvalue weighted by atomic mass is 9.86. The van der Waals surface area contributed by atoms with Crippen LogP contribution in [0.25, 0.3) is 0 Å². The molecule has 0 fully saturated rings. The van der Waals surface area contributed by atoms with Crippen LogP contribution in [-0.4, -0.2) is 17.6 Å². The second kappa shape index (κ2) is 5.82. The molecule has 0 aliphatic heterocycles. The van der Waals surface area contributed by atoms with Gasteiger partial charge >= 0.3 is 6.36 Å². The number of alkyl halides is 3. The van der Waals surface area contributed by atoms with Gasteiger partial charge in [0.25, 0.3) is 0 Å². The van der Waals surface area contributed by atoms with Crippen molar-refractivity contribution >= 4 is 0 Å². The van der Waals surface area contributed by atoms with Crippen LogP contribution in [0.15, 0.2) is 24.3 Å². The van der Waals surface area contributed by atoms with E-state index >= 15 is 0 Å². The van der Waals surface area contributed by atoms with Crippen LogP contribution in [0.2, 0.25) is 0 Å². The van der Waals surface area contributed by atoms with Gasteiger partial charge in [-0.3, -0.25) is 0 Å². The summed E-state index contributed by atoms with van der Waals surface area (Å²) in [4.78, 5) is 0. The van der Waals surface area contributed by atoms with E-state index in [2.05, 4.69) is 4.74 Å². The molecule has 0 aliphatic carbocycles. The van der Waals surface area contributed by atoms with E-state index in [1.807, 2.05) is 20.8 Å². The average Bonchev–Trinajstić information content (AvgIpc) is 2.24. The monoisotopic (exact) mass is 276 g/mol. The van der Waals surface area contributed by atoms with Gasteiger partial charge in [0, 0.05) is 0 Å². The zero-order chi connectivity index (χ0) is 14.7. The molecule has 2 nitrogen and oxygen atoms in total. The van der Waals surface area contributed by atoms with Crippen molar-refractivity contribution in [3.05, 3.63) is 29.8 Å². The van der Waals surface area contributed by atoms with Crippen molar-refractivity contribution in [3.8, 4) is 5.75 Å². The molecule has 1 rings (SSSR count). The van der Waals surface area contributed by atoms with Crippen molar-refractivity contribution in [2.45, 2.75) is 46.1 Å². The molecule has 0 aliphatic rings. The van der Waals surface area contributed by atoms with Crippen LogP contribution in [0.5, 0.6) is 5.75 Å². The molecule has 0 aromatic heterocycles. The zero-order valence-electron chi connectivity index (χ0n) is 11.3. The molecule has 0 spiro atoms. The van der Waals surface area contributed by atoms with E-state index < -0.39 is 12.5 Å².